The van der Waals surface area contributed by atoms with Gasteiger partial charge in [0.25, 0.3) is 0 Å². The Bertz CT molecular complexity index is 390. The summed E-state index contributed by atoms with van der Waals surface area (Å²) < 4.78 is 13.0. The molecule has 2 rings (SSSR count). The Morgan fingerprint density at radius 1 is 1.57 bits per heavy atom. The van der Waals surface area contributed by atoms with Crippen LogP contribution in [-0.2, 0) is 0 Å². The largest absolute Gasteiger partial charge is 0.366 e. The van der Waals surface area contributed by atoms with Gasteiger partial charge in [0.2, 0.25) is 0 Å². The minimum atomic E-state index is -0.298. The fourth-order valence-corrected chi connectivity index (χ4v) is 1.60. The number of halogens is 2. The second kappa shape index (κ2) is 3.58. The molecule has 0 radical (unpaired) electrons. The highest BCUT2D eigenvalue weighted by molar-refractivity contribution is 6.34. The normalized spacial score (nSPS) is 20.5. The first-order valence-electron chi connectivity index (χ1n) is 4.43. The third-order valence-corrected chi connectivity index (χ3v) is 2.42. The number of amidine groups is 1. The Morgan fingerprint density at radius 3 is 3.00 bits per heavy atom. The van der Waals surface area contributed by atoms with Crippen LogP contribution in [0.5, 0.6) is 0 Å². The Labute approximate surface area is 86.8 Å². The fourth-order valence-electron chi connectivity index (χ4n) is 1.39. The van der Waals surface area contributed by atoms with Gasteiger partial charge in [0.05, 0.1) is 11.6 Å². The smallest absolute Gasteiger partial charge is 0.130 e. The van der Waals surface area contributed by atoms with Gasteiger partial charge >= 0.3 is 0 Å². The molecule has 0 aromatic heterocycles. The summed E-state index contributed by atoms with van der Waals surface area (Å²) in [5.41, 5.74) is 0.635. The van der Waals surface area contributed by atoms with Crippen molar-refractivity contribution in [3.63, 3.8) is 0 Å². The monoisotopic (exact) mass is 212 g/mol. The molecule has 2 nitrogen and oxygen atoms in total. The number of benzene rings is 1. The van der Waals surface area contributed by atoms with Crippen LogP contribution in [0.1, 0.15) is 12.5 Å². The van der Waals surface area contributed by atoms with Crippen molar-refractivity contribution in [1.82, 2.24) is 5.32 Å². The Balaban J connectivity index is 2.36. The summed E-state index contributed by atoms with van der Waals surface area (Å²) in [5.74, 6) is 0.385. The van der Waals surface area contributed by atoms with Gasteiger partial charge in [-0.15, -0.1) is 0 Å². The van der Waals surface area contributed by atoms with Crippen molar-refractivity contribution in [1.29, 1.82) is 0 Å². The third-order valence-electron chi connectivity index (χ3n) is 2.09. The van der Waals surface area contributed by atoms with Gasteiger partial charge in [-0.2, -0.15) is 0 Å². The standard InChI is InChI=1S/C10H10ClFN2/c1-6-5-13-10(14-6)8-4-7(12)2-3-9(8)11/h2-4,6H,5H2,1H3,(H,13,14). The zero-order valence-corrected chi connectivity index (χ0v) is 8.48. The lowest BCUT2D eigenvalue weighted by Gasteiger charge is -2.07. The molecule has 1 atom stereocenters. The van der Waals surface area contributed by atoms with Gasteiger partial charge in [0, 0.05) is 11.6 Å². The topological polar surface area (TPSA) is 24.4 Å². The minimum absolute atomic E-state index is 0.296. The Hall–Kier alpha value is -1.09. The molecule has 0 saturated heterocycles. The summed E-state index contributed by atoms with van der Waals surface area (Å²) in [6.07, 6.45) is 0. The van der Waals surface area contributed by atoms with Gasteiger partial charge in [-0.1, -0.05) is 11.6 Å². The summed E-state index contributed by atoms with van der Waals surface area (Å²) in [5, 5.41) is 3.66. The molecule has 1 N–H and O–H groups in total. The van der Waals surface area contributed by atoms with Crippen LogP contribution in [0.2, 0.25) is 5.02 Å². The maximum atomic E-state index is 13.0. The van der Waals surface area contributed by atoms with Gasteiger partial charge in [0.15, 0.2) is 0 Å². The lowest BCUT2D eigenvalue weighted by molar-refractivity contribution is 0.627. The molecule has 0 saturated carbocycles. The summed E-state index contributed by atoms with van der Waals surface area (Å²) in [6.45, 7) is 2.73. The molecule has 1 unspecified atom stereocenters. The van der Waals surface area contributed by atoms with E-state index in [2.05, 4.69) is 10.3 Å². The molecular weight excluding hydrogens is 203 g/mol. The highest BCUT2D eigenvalue weighted by Gasteiger charge is 2.16. The van der Waals surface area contributed by atoms with Crippen molar-refractivity contribution in [2.45, 2.75) is 13.0 Å². The SMILES string of the molecule is CC1CN=C(c2cc(F)ccc2Cl)N1. The minimum Gasteiger partial charge on any atom is -0.366 e. The van der Waals surface area contributed by atoms with E-state index < -0.39 is 0 Å². The first kappa shape index (κ1) is 9.46. The molecule has 1 heterocycles. The maximum Gasteiger partial charge on any atom is 0.130 e. The number of nitrogens with zero attached hydrogens (tertiary/aromatic N) is 1. The Morgan fingerprint density at radius 2 is 2.36 bits per heavy atom. The van der Waals surface area contributed by atoms with Crippen LogP contribution >= 0.6 is 11.6 Å². The molecule has 0 bridgehead atoms. The number of aliphatic imine (C=N–C) groups is 1. The molecule has 1 aliphatic rings. The number of nitrogens with one attached hydrogen (secondary N) is 1. The van der Waals surface area contributed by atoms with Crippen molar-refractivity contribution in [3.05, 3.63) is 34.6 Å². The molecule has 0 aliphatic carbocycles. The van der Waals surface area contributed by atoms with Gasteiger partial charge < -0.3 is 5.32 Å². The summed E-state index contributed by atoms with van der Waals surface area (Å²) in [6, 6.07) is 4.57. The second-order valence-corrected chi connectivity index (χ2v) is 3.77. The van der Waals surface area contributed by atoms with Crippen LogP contribution in [0.4, 0.5) is 4.39 Å². The van der Waals surface area contributed by atoms with E-state index in [0.717, 1.165) is 0 Å². The van der Waals surface area contributed by atoms with E-state index in [1.807, 2.05) is 6.92 Å². The summed E-state index contributed by atoms with van der Waals surface area (Å²) in [4.78, 5) is 4.24. The van der Waals surface area contributed by atoms with E-state index in [1.165, 1.54) is 12.1 Å². The molecule has 0 spiro atoms. The van der Waals surface area contributed by atoms with E-state index >= 15 is 0 Å². The summed E-state index contributed by atoms with van der Waals surface area (Å²) >= 11 is 5.94. The molecule has 0 fully saturated rings. The van der Waals surface area contributed by atoms with Crippen molar-refractivity contribution in [3.8, 4) is 0 Å². The predicted octanol–water partition coefficient (Wildman–Crippen LogP) is 2.22. The van der Waals surface area contributed by atoms with Gasteiger partial charge in [-0.05, 0) is 25.1 Å². The molecule has 74 valence electrons. The van der Waals surface area contributed by atoms with Crippen molar-refractivity contribution in [2.75, 3.05) is 6.54 Å². The molecule has 0 amide bonds. The first-order chi connectivity index (χ1) is 6.66. The van der Waals surface area contributed by atoms with Crippen molar-refractivity contribution >= 4 is 17.4 Å². The average Bonchev–Trinajstić information content (AvgIpc) is 2.56. The van der Waals surface area contributed by atoms with Gasteiger partial charge in [-0.25, -0.2) is 4.39 Å². The number of hydrogen-bond donors (Lipinski definition) is 1. The maximum absolute atomic E-state index is 13.0. The summed E-state index contributed by atoms with van der Waals surface area (Å²) in [7, 11) is 0. The lowest BCUT2D eigenvalue weighted by atomic mass is 10.2. The number of hydrogen-bond acceptors (Lipinski definition) is 2. The highest BCUT2D eigenvalue weighted by Crippen LogP contribution is 2.18. The van der Waals surface area contributed by atoms with Crippen LogP contribution in [0, 0.1) is 5.82 Å². The molecular formula is C10H10ClFN2. The predicted molar refractivity (Wildman–Crippen MR) is 55.4 cm³/mol. The quantitative estimate of drug-likeness (QED) is 0.759. The van der Waals surface area contributed by atoms with Crippen LogP contribution in [0.15, 0.2) is 23.2 Å². The van der Waals surface area contributed by atoms with Crippen LogP contribution in [0.3, 0.4) is 0 Å². The van der Waals surface area contributed by atoms with E-state index in [4.69, 9.17) is 11.6 Å². The van der Waals surface area contributed by atoms with Crippen LogP contribution < -0.4 is 5.32 Å². The number of rotatable bonds is 1. The van der Waals surface area contributed by atoms with Gasteiger partial charge in [0.1, 0.15) is 11.7 Å². The lowest BCUT2D eigenvalue weighted by Crippen LogP contribution is -2.27. The second-order valence-electron chi connectivity index (χ2n) is 3.36. The average molecular weight is 213 g/mol. The van der Waals surface area contributed by atoms with E-state index in [-0.39, 0.29) is 5.82 Å². The van der Waals surface area contributed by atoms with Crippen molar-refractivity contribution < 1.29 is 4.39 Å². The van der Waals surface area contributed by atoms with Crippen LogP contribution in [0.25, 0.3) is 0 Å². The molecule has 4 heteroatoms. The van der Waals surface area contributed by atoms with E-state index in [9.17, 15) is 4.39 Å². The molecule has 1 aromatic rings. The fraction of sp³-hybridized carbons (Fsp3) is 0.300. The van der Waals surface area contributed by atoms with Crippen LogP contribution in [-0.4, -0.2) is 18.4 Å². The molecule has 14 heavy (non-hydrogen) atoms. The third kappa shape index (κ3) is 1.73. The van der Waals surface area contributed by atoms with Crippen molar-refractivity contribution in [2.24, 2.45) is 4.99 Å². The van der Waals surface area contributed by atoms with E-state index in [1.54, 1.807) is 6.07 Å². The zero-order valence-electron chi connectivity index (χ0n) is 7.72. The Kier molecular flexibility index (Phi) is 2.42. The van der Waals surface area contributed by atoms with E-state index in [0.29, 0.717) is 29.0 Å². The first-order valence-corrected chi connectivity index (χ1v) is 4.81. The highest BCUT2D eigenvalue weighted by atomic mass is 35.5. The molecule has 1 aliphatic heterocycles. The molecule has 1 aromatic carbocycles. The zero-order chi connectivity index (χ0) is 10.1. The van der Waals surface area contributed by atoms with Gasteiger partial charge in [-0.3, -0.25) is 4.99 Å².